The number of benzene rings is 1. The molecule has 2 heteroatoms. The maximum absolute atomic E-state index is 5.63. The van der Waals surface area contributed by atoms with Crippen LogP contribution in [0.4, 0.5) is 5.69 Å². The molecule has 0 aromatic heterocycles. The van der Waals surface area contributed by atoms with E-state index < -0.39 is 0 Å². The normalized spacial score (nSPS) is 11.9. The van der Waals surface area contributed by atoms with E-state index in [4.69, 9.17) is 5.73 Å². The first-order valence-electron chi connectivity index (χ1n) is 6.49. The Morgan fingerprint density at radius 3 is 2.47 bits per heavy atom. The number of nitrogens with two attached hydrogens (primary N) is 1. The maximum atomic E-state index is 5.63. The molecule has 0 spiro atoms. The number of hydrogen-bond acceptors (Lipinski definition) is 2. The van der Waals surface area contributed by atoms with Crippen molar-refractivity contribution in [2.24, 2.45) is 11.1 Å². The van der Waals surface area contributed by atoms with E-state index in [1.54, 1.807) is 0 Å². The van der Waals surface area contributed by atoms with Crippen molar-refractivity contribution in [2.75, 3.05) is 18.4 Å². The van der Waals surface area contributed by atoms with Gasteiger partial charge < -0.3 is 11.1 Å². The second kappa shape index (κ2) is 6.06. The first kappa shape index (κ1) is 14.0. The molecule has 0 aliphatic heterocycles. The van der Waals surface area contributed by atoms with Crippen molar-refractivity contribution in [3.8, 4) is 0 Å². The van der Waals surface area contributed by atoms with Crippen LogP contribution < -0.4 is 11.1 Å². The van der Waals surface area contributed by atoms with Crippen LogP contribution in [0.2, 0.25) is 0 Å². The van der Waals surface area contributed by atoms with Crippen molar-refractivity contribution >= 4 is 5.69 Å². The third-order valence-corrected chi connectivity index (χ3v) is 3.16. The highest BCUT2D eigenvalue weighted by Gasteiger charge is 2.17. The van der Waals surface area contributed by atoms with Gasteiger partial charge in [-0.05, 0) is 35.9 Å². The van der Waals surface area contributed by atoms with Crippen LogP contribution in [0.5, 0.6) is 0 Å². The predicted molar refractivity (Wildman–Crippen MR) is 76.5 cm³/mol. The Balaban J connectivity index is 2.69. The van der Waals surface area contributed by atoms with E-state index >= 15 is 0 Å². The first-order chi connectivity index (χ1) is 7.96. The molecule has 0 radical (unpaired) electrons. The Bertz CT molecular complexity index is 343. The second-order valence-electron chi connectivity index (χ2n) is 5.80. The molecule has 3 N–H and O–H groups in total. The van der Waals surface area contributed by atoms with Gasteiger partial charge in [0.2, 0.25) is 0 Å². The largest absolute Gasteiger partial charge is 0.384 e. The molecule has 0 atom stereocenters. The molecule has 1 aromatic rings. The number of nitrogens with one attached hydrogen (secondary N) is 1. The Kier molecular flexibility index (Phi) is 5.01. The summed E-state index contributed by atoms with van der Waals surface area (Å²) in [6.07, 6.45) is 1.05. The molecule has 0 saturated carbocycles. The molecule has 0 amide bonds. The van der Waals surface area contributed by atoms with Crippen LogP contribution in [-0.4, -0.2) is 13.1 Å². The summed E-state index contributed by atoms with van der Waals surface area (Å²) in [5.74, 6) is 0.552. The zero-order chi connectivity index (χ0) is 12.9. The monoisotopic (exact) mass is 234 g/mol. The fourth-order valence-electron chi connectivity index (χ4n) is 1.98. The van der Waals surface area contributed by atoms with Crippen LogP contribution in [-0.2, 0) is 0 Å². The average Bonchev–Trinajstić information content (AvgIpc) is 2.27. The van der Waals surface area contributed by atoms with Gasteiger partial charge in [-0.3, -0.25) is 0 Å². The molecule has 1 rings (SSSR count). The van der Waals surface area contributed by atoms with Crippen molar-refractivity contribution in [1.29, 1.82) is 0 Å². The van der Waals surface area contributed by atoms with E-state index in [-0.39, 0.29) is 5.41 Å². The molecule has 0 aliphatic carbocycles. The predicted octanol–water partition coefficient (Wildman–Crippen LogP) is 3.60. The summed E-state index contributed by atoms with van der Waals surface area (Å²) in [5, 5.41) is 3.56. The molecule has 0 fully saturated rings. The Morgan fingerprint density at radius 1 is 1.24 bits per heavy atom. The smallest absolute Gasteiger partial charge is 0.0375 e. The van der Waals surface area contributed by atoms with Crippen LogP contribution in [0.15, 0.2) is 24.3 Å². The van der Waals surface area contributed by atoms with Crippen molar-refractivity contribution in [3.05, 3.63) is 29.8 Å². The van der Waals surface area contributed by atoms with Gasteiger partial charge in [0.25, 0.3) is 0 Å². The summed E-state index contributed by atoms with van der Waals surface area (Å²) in [4.78, 5) is 0. The molecular formula is C15H26N2. The van der Waals surface area contributed by atoms with Crippen molar-refractivity contribution in [2.45, 2.75) is 40.0 Å². The van der Waals surface area contributed by atoms with E-state index in [0.29, 0.717) is 5.92 Å². The summed E-state index contributed by atoms with van der Waals surface area (Å²) in [7, 11) is 0. The fourth-order valence-corrected chi connectivity index (χ4v) is 1.98. The summed E-state index contributed by atoms with van der Waals surface area (Å²) in [6.45, 7) is 10.7. The van der Waals surface area contributed by atoms with Crippen LogP contribution >= 0.6 is 0 Å². The highest BCUT2D eigenvalue weighted by atomic mass is 14.9. The van der Waals surface area contributed by atoms with Crippen LogP contribution in [0, 0.1) is 5.41 Å². The van der Waals surface area contributed by atoms with Gasteiger partial charge in [-0.1, -0.05) is 45.9 Å². The van der Waals surface area contributed by atoms with E-state index in [1.807, 2.05) is 0 Å². The number of rotatable bonds is 6. The van der Waals surface area contributed by atoms with E-state index in [1.165, 1.54) is 11.3 Å². The van der Waals surface area contributed by atoms with E-state index in [2.05, 4.69) is 57.3 Å². The lowest BCUT2D eigenvalue weighted by molar-refractivity contribution is 0.365. The van der Waals surface area contributed by atoms with Gasteiger partial charge in [0, 0.05) is 12.2 Å². The molecule has 17 heavy (non-hydrogen) atoms. The van der Waals surface area contributed by atoms with Crippen LogP contribution in [0.1, 0.15) is 45.6 Å². The van der Waals surface area contributed by atoms with Gasteiger partial charge in [-0.15, -0.1) is 0 Å². The van der Waals surface area contributed by atoms with Crippen LogP contribution in [0.3, 0.4) is 0 Å². The van der Waals surface area contributed by atoms with E-state index in [9.17, 15) is 0 Å². The average molecular weight is 234 g/mol. The zero-order valence-corrected chi connectivity index (χ0v) is 11.6. The van der Waals surface area contributed by atoms with Gasteiger partial charge in [0.15, 0.2) is 0 Å². The third-order valence-electron chi connectivity index (χ3n) is 3.16. The van der Waals surface area contributed by atoms with E-state index in [0.717, 1.165) is 19.5 Å². The second-order valence-corrected chi connectivity index (χ2v) is 5.80. The lowest BCUT2D eigenvalue weighted by Crippen LogP contribution is -2.26. The molecule has 0 heterocycles. The summed E-state index contributed by atoms with van der Waals surface area (Å²) >= 11 is 0. The lowest BCUT2D eigenvalue weighted by atomic mass is 9.89. The highest BCUT2D eigenvalue weighted by Crippen LogP contribution is 2.26. The zero-order valence-electron chi connectivity index (χ0n) is 11.6. The minimum absolute atomic E-state index is 0.249. The lowest BCUT2D eigenvalue weighted by Gasteiger charge is -2.26. The van der Waals surface area contributed by atoms with Gasteiger partial charge in [0.05, 0.1) is 0 Å². The molecule has 96 valence electrons. The number of anilines is 1. The Labute approximate surface area is 106 Å². The van der Waals surface area contributed by atoms with Gasteiger partial charge in [-0.25, -0.2) is 0 Å². The Morgan fingerprint density at radius 2 is 1.88 bits per heavy atom. The minimum Gasteiger partial charge on any atom is -0.384 e. The molecule has 0 bridgehead atoms. The van der Waals surface area contributed by atoms with Crippen molar-refractivity contribution in [1.82, 2.24) is 0 Å². The third kappa shape index (κ3) is 4.39. The molecule has 1 aromatic carbocycles. The molecule has 0 saturated heterocycles. The quantitative estimate of drug-likeness (QED) is 0.789. The maximum Gasteiger partial charge on any atom is 0.0375 e. The fraction of sp³-hybridized carbons (Fsp3) is 0.600. The van der Waals surface area contributed by atoms with Crippen molar-refractivity contribution in [3.63, 3.8) is 0 Å². The highest BCUT2D eigenvalue weighted by molar-refractivity contribution is 5.52. The van der Waals surface area contributed by atoms with Gasteiger partial charge >= 0.3 is 0 Å². The first-order valence-corrected chi connectivity index (χ1v) is 6.49. The topological polar surface area (TPSA) is 38.0 Å². The minimum atomic E-state index is 0.249. The molecular weight excluding hydrogens is 208 g/mol. The Hall–Kier alpha value is -1.02. The molecule has 0 unspecified atom stereocenters. The summed E-state index contributed by atoms with van der Waals surface area (Å²) < 4.78 is 0. The summed E-state index contributed by atoms with van der Waals surface area (Å²) in [6, 6.07) is 8.55. The van der Waals surface area contributed by atoms with Gasteiger partial charge in [0.1, 0.15) is 0 Å². The standard InChI is InChI=1S/C15H26N2/c1-12(2)13-7-5-6-8-14(13)17-11-15(3,4)9-10-16/h5-8,12,17H,9-11,16H2,1-4H3. The number of hydrogen-bond donors (Lipinski definition) is 2. The number of para-hydroxylation sites is 1. The molecule has 0 aliphatic rings. The van der Waals surface area contributed by atoms with Crippen LogP contribution in [0.25, 0.3) is 0 Å². The van der Waals surface area contributed by atoms with Crippen molar-refractivity contribution < 1.29 is 0 Å². The summed E-state index contributed by atoms with van der Waals surface area (Å²) in [5.41, 5.74) is 8.53. The SMILES string of the molecule is CC(C)c1ccccc1NCC(C)(C)CCN. The molecule has 2 nitrogen and oxygen atoms in total. The van der Waals surface area contributed by atoms with Gasteiger partial charge in [-0.2, -0.15) is 0 Å².